The maximum atomic E-state index is 12.1. The quantitative estimate of drug-likeness (QED) is 0.592. The average molecular weight is 382 g/mol. The second-order valence-electron chi connectivity index (χ2n) is 4.21. The summed E-state index contributed by atoms with van der Waals surface area (Å²) in [5, 5.41) is -0.367. The molecule has 114 valence electrons. The normalized spacial score (nSPS) is 16.1. The van der Waals surface area contributed by atoms with Crippen molar-refractivity contribution < 1.29 is 19.1 Å². The largest absolute Gasteiger partial charge is 0.493 e. The van der Waals surface area contributed by atoms with Crippen LogP contribution in [-0.4, -0.2) is 36.8 Å². The van der Waals surface area contributed by atoms with Gasteiger partial charge in [-0.2, -0.15) is 0 Å². The number of amides is 2. The van der Waals surface area contributed by atoms with E-state index in [-0.39, 0.29) is 17.7 Å². The molecular formula is C15H12BrNO4S. The van der Waals surface area contributed by atoms with Gasteiger partial charge in [0, 0.05) is 0 Å². The van der Waals surface area contributed by atoms with Crippen LogP contribution in [0.2, 0.25) is 0 Å². The number of nitrogens with zero attached hydrogens (tertiary/aromatic N) is 1. The molecule has 0 bridgehead atoms. The summed E-state index contributed by atoms with van der Waals surface area (Å²) in [5.74, 6) is 2.98. The fraction of sp³-hybridized carbons (Fsp3) is 0.200. The first kappa shape index (κ1) is 16.5. The van der Waals surface area contributed by atoms with Gasteiger partial charge in [0.1, 0.15) is 0 Å². The number of benzene rings is 1. The number of imide groups is 1. The average Bonchev–Trinajstić information content (AvgIpc) is 2.74. The van der Waals surface area contributed by atoms with Crippen LogP contribution in [0.15, 0.2) is 21.5 Å². The van der Waals surface area contributed by atoms with E-state index in [0.717, 1.165) is 16.7 Å². The molecule has 1 aromatic carbocycles. The van der Waals surface area contributed by atoms with Crippen molar-refractivity contribution in [1.82, 2.24) is 4.90 Å². The van der Waals surface area contributed by atoms with Crippen LogP contribution in [0, 0.1) is 12.3 Å². The SMILES string of the molecule is C#CCN1C(=O)SC(=Cc2cc(Br)c(OC)c(OC)c2)C1=O. The molecule has 1 fully saturated rings. The van der Waals surface area contributed by atoms with Crippen molar-refractivity contribution in [1.29, 1.82) is 0 Å². The summed E-state index contributed by atoms with van der Waals surface area (Å²) in [7, 11) is 3.06. The van der Waals surface area contributed by atoms with Crippen LogP contribution >= 0.6 is 27.7 Å². The number of carbonyl (C=O) groups is 2. The Morgan fingerprint density at radius 2 is 2.09 bits per heavy atom. The van der Waals surface area contributed by atoms with Gasteiger partial charge in [-0.1, -0.05) is 5.92 Å². The highest BCUT2D eigenvalue weighted by Crippen LogP contribution is 2.38. The Kier molecular flexibility index (Phi) is 5.16. The molecule has 22 heavy (non-hydrogen) atoms. The van der Waals surface area contributed by atoms with E-state index in [1.165, 1.54) is 14.2 Å². The molecule has 0 atom stereocenters. The fourth-order valence-electron chi connectivity index (χ4n) is 1.90. The second kappa shape index (κ2) is 6.90. The van der Waals surface area contributed by atoms with Gasteiger partial charge in [0.05, 0.1) is 30.1 Å². The molecule has 1 heterocycles. The summed E-state index contributed by atoms with van der Waals surface area (Å²) in [6.45, 7) is -0.0301. The molecular weight excluding hydrogens is 370 g/mol. The first-order valence-electron chi connectivity index (χ1n) is 6.12. The number of rotatable bonds is 4. The first-order chi connectivity index (χ1) is 10.5. The lowest BCUT2D eigenvalue weighted by atomic mass is 10.2. The Morgan fingerprint density at radius 3 is 2.68 bits per heavy atom. The van der Waals surface area contributed by atoms with Gasteiger partial charge in [0.2, 0.25) is 0 Å². The van der Waals surface area contributed by atoms with Gasteiger partial charge in [0.15, 0.2) is 11.5 Å². The van der Waals surface area contributed by atoms with E-state index >= 15 is 0 Å². The third-order valence-corrected chi connectivity index (χ3v) is 4.37. The number of methoxy groups -OCH3 is 2. The molecule has 1 aromatic rings. The maximum Gasteiger partial charge on any atom is 0.294 e. The first-order valence-corrected chi connectivity index (χ1v) is 7.73. The molecule has 2 rings (SSSR count). The molecule has 7 heteroatoms. The van der Waals surface area contributed by atoms with E-state index in [1.807, 2.05) is 0 Å². The van der Waals surface area contributed by atoms with Crippen molar-refractivity contribution >= 4 is 44.9 Å². The molecule has 5 nitrogen and oxygen atoms in total. The fourth-order valence-corrected chi connectivity index (χ4v) is 3.36. The highest BCUT2D eigenvalue weighted by molar-refractivity contribution is 9.10. The number of halogens is 1. The van der Waals surface area contributed by atoms with Gasteiger partial charge in [-0.05, 0) is 51.5 Å². The summed E-state index contributed by atoms with van der Waals surface area (Å²) in [4.78, 5) is 25.2. The molecule has 1 aliphatic rings. The molecule has 0 aromatic heterocycles. The summed E-state index contributed by atoms with van der Waals surface area (Å²) in [6.07, 6.45) is 6.78. The molecule has 1 saturated heterocycles. The zero-order chi connectivity index (χ0) is 16.3. The Hall–Kier alpha value is -1.91. The number of carbonyl (C=O) groups excluding carboxylic acids is 2. The van der Waals surface area contributed by atoms with Crippen LogP contribution in [0.5, 0.6) is 11.5 Å². The van der Waals surface area contributed by atoms with E-state index in [1.54, 1.807) is 18.2 Å². The molecule has 0 N–H and O–H groups in total. The van der Waals surface area contributed by atoms with Crippen molar-refractivity contribution in [2.45, 2.75) is 0 Å². The van der Waals surface area contributed by atoms with Gasteiger partial charge in [-0.25, -0.2) is 0 Å². The number of hydrogen-bond acceptors (Lipinski definition) is 5. The number of hydrogen-bond donors (Lipinski definition) is 0. The smallest absolute Gasteiger partial charge is 0.294 e. The van der Waals surface area contributed by atoms with Crippen molar-refractivity contribution in [3.05, 3.63) is 27.1 Å². The van der Waals surface area contributed by atoms with E-state index in [2.05, 4.69) is 21.9 Å². The maximum absolute atomic E-state index is 12.1. The zero-order valence-corrected chi connectivity index (χ0v) is 14.3. The molecule has 0 saturated carbocycles. The molecule has 0 unspecified atom stereocenters. The highest BCUT2D eigenvalue weighted by Gasteiger charge is 2.34. The van der Waals surface area contributed by atoms with Gasteiger partial charge < -0.3 is 9.47 Å². The Labute approximate surface area is 140 Å². The standard InChI is InChI=1S/C15H12BrNO4S/c1-4-5-17-14(18)12(22-15(17)19)8-9-6-10(16)13(21-3)11(7-9)20-2/h1,6-8H,5H2,2-3H3. The zero-order valence-electron chi connectivity index (χ0n) is 11.9. The van der Waals surface area contributed by atoms with Crippen LogP contribution in [-0.2, 0) is 4.79 Å². The van der Waals surface area contributed by atoms with Crippen molar-refractivity contribution in [3.8, 4) is 23.8 Å². The lowest BCUT2D eigenvalue weighted by molar-refractivity contribution is -0.122. The van der Waals surface area contributed by atoms with Crippen LogP contribution in [0.25, 0.3) is 6.08 Å². The van der Waals surface area contributed by atoms with Crippen molar-refractivity contribution in [3.63, 3.8) is 0 Å². The predicted molar refractivity (Wildman–Crippen MR) is 88.8 cm³/mol. The third kappa shape index (κ3) is 3.13. The minimum atomic E-state index is -0.390. The van der Waals surface area contributed by atoms with Gasteiger partial charge in [-0.3, -0.25) is 14.5 Å². The van der Waals surface area contributed by atoms with Crippen LogP contribution in [0.1, 0.15) is 5.56 Å². The van der Waals surface area contributed by atoms with Crippen molar-refractivity contribution in [2.75, 3.05) is 20.8 Å². The summed E-state index contributed by atoms with van der Waals surface area (Å²) < 4.78 is 11.2. The minimum Gasteiger partial charge on any atom is -0.493 e. The lowest BCUT2D eigenvalue weighted by Gasteiger charge is -2.10. The summed E-state index contributed by atoms with van der Waals surface area (Å²) in [5.41, 5.74) is 0.704. The Balaban J connectivity index is 2.38. The van der Waals surface area contributed by atoms with Crippen LogP contribution in [0.3, 0.4) is 0 Å². The van der Waals surface area contributed by atoms with Gasteiger partial charge in [0.25, 0.3) is 11.1 Å². The molecule has 2 amide bonds. The molecule has 0 radical (unpaired) electrons. The van der Waals surface area contributed by atoms with E-state index < -0.39 is 0 Å². The topological polar surface area (TPSA) is 55.8 Å². The van der Waals surface area contributed by atoms with Crippen LogP contribution < -0.4 is 9.47 Å². The highest BCUT2D eigenvalue weighted by atomic mass is 79.9. The predicted octanol–water partition coefficient (Wildman–Crippen LogP) is 3.14. The van der Waals surface area contributed by atoms with Crippen molar-refractivity contribution in [2.24, 2.45) is 0 Å². The minimum absolute atomic E-state index is 0.0301. The van der Waals surface area contributed by atoms with E-state index in [0.29, 0.717) is 26.4 Å². The molecule has 1 aliphatic heterocycles. The number of ether oxygens (including phenoxy) is 2. The Bertz CT molecular complexity index is 708. The Morgan fingerprint density at radius 1 is 1.36 bits per heavy atom. The molecule has 0 aliphatic carbocycles. The molecule has 0 spiro atoms. The number of terminal acetylenes is 1. The summed E-state index contributed by atoms with van der Waals surface area (Å²) >= 11 is 4.24. The van der Waals surface area contributed by atoms with E-state index in [4.69, 9.17) is 15.9 Å². The van der Waals surface area contributed by atoms with Gasteiger partial charge >= 0.3 is 0 Å². The van der Waals surface area contributed by atoms with Gasteiger partial charge in [-0.15, -0.1) is 6.42 Å². The van der Waals surface area contributed by atoms with E-state index in [9.17, 15) is 9.59 Å². The second-order valence-corrected chi connectivity index (χ2v) is 6.06. The lowest BCUT2D eigenvalue weighted by Crippen LogP contribution is -2.28. The summed E-state index contributed by atoms with van der Waals surface area (Å²) in [6, 6.07) is 3.50. The number of thioether (sulfide) groups is 1. The van der Waals surface area contributed by atoms with Crippen LogP contribution in [0.4, 0.5) is 4.79 Å². The monoisotopic (exact) mass is 381 g/mol. The third-order valence-electron chi connectivity index (χ3n) is 2.88.